The summed E-state index contributed by atoms with van der Waals surface area (Å²) in [5, 5.41) is 11.9. The van der Waals surface area contributed by atoms with E-state index in [9.17, 15) is 4.79 Å². The summed E-state index contributed by atoms with van der Waals surface area (Å²) < 4.78 is 11.2. The number of aryl methyl sites for hydroxylation is 1. The fourth-order valence-electron chi connectivity index (χ4n) is 2.73. The van der Waals surface area contributed by atoms with Crippen molar-refractivity contribution >= 4 is 5.91 Å². The number of carbonyl (C=O) groups excluding carboxylic acids is 1. The molecule has 5 heteroatoms. The number of ether oxygens (including phenoxy) is 2. The van der Waals surface area contributed by atoms with Gasteiger partial charge in [-0.1, -0.05) is 32.0 Å². The number of rotatable bonds is 9. The van der Waals surface area contributed by atoms with Crippen molar-refractivity contribution in [3.8, 4) is 17.6 Å². The zero-order valence-electron chi connectivity index (χ0n) is 17.0. The van der Waals surface area contributed by atoms with Gasteiger partial charge in [0.15, 0.2) is 11.5 Å². The van der Waals surface area contributed by atoms with Crippen LogP contribution in [0.3, 0.4) is 0 Å². The predicted molar refractivity (Wildman–Crippen MR) is 109 cm³/mol. The molecule has 0 heterocycles. The molecule has 28 heavy (non-hydrogen) atoms. The van der Waals surface area contributed by atoms with Gasteiger partial charge in [0.05, 0.1) is 31.4 Å². The number of carbonyl (C=O) groups is 1. The highest BCUT2D eigenvalue weighted by molar-refractivity contribution is 5.76. The van der Waals surface area contributed by atoms with Gasteiger partial charge in [-0.15, -0.1) is 0 Å². The van der Waals surface area contributed by atoms with Crippen LogP contribution in [0.1, 0.15) is 49.9 Å². The maximum Gasteiger partial charge on any atom is 0.220 e. The normalized spacial score (nSPS) is 11.6. The number of nitrogens with zero attached hydrogens (tertiary/aromatic N) is 1. The van der Waals surface area contributed by atoms with Gasteiger partial charge in [0.2, 0.25) is 5.91 Å². The van der Waals surface area contributed by atoms with Crippen molar-refractivity contribution in [1.82, 2.24) is 5.32 Å². The van der Waals surface area contributed by atoms with Gasteiger partial charge in [-0.2, -0.15) is 5.26 Å². The maximum absolute atomic E-state index is 12.3. The highest BCUT2D eigenvalue weighted by Gasteiger charge is 2.13. The van der Waals surface area contributed by atoms with Crippen molar-refractivity contribution < 1.29 is 14.3 Å². The van der Waals surface area contributed by atoms with Crippen LogP contribution in [-0.4, -0.2) is 19.6 Å². The number of hydrogen-bond acceptors (Lipinski definition) is 4. The van der Waals surface area contributed by atoms with Gasteiger partial charge in [-0.05, 0) is 54.7 Å². The Labute approximate surface area is 167 Å². The van der Waals surface area contributed by atoms with E-state index in [1.165, 1.54) is 0 Å². The van der Waals surface area contributed by atoms with Crippen molar-refractivity contribution in [2.24, 2.45) is 5.92 Å². The molecule has 2 rings (SSSR count). The number of hydrogen-bond donors (Lipinski definition) is 1. The Morgan fingerprint density at radius 3 is 2.43 bits per heavy atom. The smallest absolute Gasteiger partial charge is 0.220 e. The molecular weight excluding hydrogens is 352 g/mol. The standard InChI is InChI=1S/C23H28N2O3/c1-16(2)15-28-21-11-10-20(13-22(21)27-4)17(3)25-23(26)12-9-18-5-7-19(14-24)8-6-18/h5-8,10-11,13,16-17H,9,12,15H2,1-4H3,(H,25,26). The minimum Gasteiger partial charge on any atom is -0.493 e. The zero-order chi connectivity index (χ0) is 20.5. The third kappa shape index (κ3) is 6.31. The molecule has 0 spiro atoms. The lowest BCUT2D eigenvalue weighted by Gasteiger charge is -2.18. The monoisotopic (exact) mass is 380 g/mol. The summed E-state index contributed by atoms with van der Waals surface area (Å²) in [7, 11) is 1.61. The zero-order valence-corrected chi connectivity index (χ0v) is 17.0. The molecule has 0 aliphatic carbocycles. The summed E-state index contributed by atoms with van der Waals surface area (Å²) in [5.41, 5.74) is 2.62. The minimum absolute atomic E-state index is 0.0176. The van der Waals surface area contributed by atoms with Crippen LogP contribution in [-0.2, 0) is 11.2 Å². The summed E-state index contributed by atoms with van der Waals surface area (Å²) in [6, 6.07) is 15.0. The largest absolute Gasteiger partial charge is 0.493 e. The van der Waals surface area contributed by atoms with Crippen molar-refractivity contribution in [3.05, 3.63) is 59.2 Å². The molecule has 1 unspecified atom stereocenters. The molecule has 0 aliphatic rings. The van der Waals surface area contributed by atoms with Gasteiger partial charge in [0, 0.05) is 6.42 Å². The lowest BCUT2D eigenvalue weighted by molar-refractivity contribution is -0.121. The number of methoxy groups -OCH3 is 1. The molecule has 0 saturated carbocycles. The van der Waals surface area contributed by atoms with E-state index < -0.39 is 0 Å². The molecule has 0 aromatic heterocycles. The average Bonchev–Trinajstić information content (AvgIpc) is 2.70. The van der Waals surface area contributed by atoms with Crippen molar-refractivity contribution in [2.75, 3.05) is 13.7 Å². The van der Waals surface area contributed by atoms with Crippen molar-refractivity contribution in [3.63, 3.8) is 0 Å². The lowest BCUT2D eigenvalue weighted by atomic mass is 10.1. The molecule has 1 atom stereocenters. The Bertz CT molecular complexity index is 823. The van der Waals surface area contributed by atoms with E-state index in [1.807, 2.05) is 37.3 Å². The van der Waals surface area contributed by atoms with E-state index in [4.69, 9.17) is 14.7 Å². The molecule has 5 nitrogen and oxygen atoms in total. The molecule has 0 fully saturated rings. The van der Waals surface area contributed by atoms with Gasteiger partial charge < -0.3 is 14.8 Å². The van der Waals surface area contributed by atoms with Crippen LogP contribution in [0, 0.1) is 17.2 Å². The van der Waals surface area contributed by atoms with Crippen LogP contribution >= 0.6 is 0 Å². The van der Waals surface area contributed by atoms with E-state index in [1.54, 1.807) is 19.2 Å². The van der Waals surface area contributed by atoms with Crippen LogP contribution in [0.4, 0.5) is 0 Å². The second-order valence-corrected chi connectivity index (χ2v) is 7.21. The number of nitrogens with one attached hydrogen (secondary N) is 1. The molecular formula is C23H28N2O3. The average molecular weight is 380 g/mol. The first-order chi connectivity index (χ1) is 13.4. The number of amides is 1. The summed E-state index contributed by atoms with van der Waals surface area (Å²) in [4.78, 5) is 12.3. The topological polar surface area (TPSA) is 71.3 Å². The van der Waals surface area contributed by atoms with E-state index in [2.05, 4.69) is 25.2 Å². The number of nitriles is 1. The van der Waals surface area contributed by atoms with Crippen LogP contribution < -0.4 is 14.8 Å². The Morgan fingerprint density at radius 2 is 1.82 bits per heavy atom. The SMILES string of the molecule is COc1cc(C(C)NC(=O)CCc2ccc(C#N)cc2)ccc1OCC(C)C. The van der Waals surface area contributed by atoms with Crippen LogP contribution in [0.5, 0.6) is 11.5 Å². The van der Waals surface area contributed by atoms with Gasteiger partial charge in [0.1, 0.15) is 0 Å². The molecule has 148 valence electrons. The Kier molecular flexibility index (Phi) is 7.88. The molecule has 2 aromatic carbocycles. The summed E-state index contributed by atoms with van der Waals surface area (Å²) in [5.74, 6) is 1.78. The first-order valence-electron chi connectivity index (χ1n) is 9.52. The van der Waals surface area contributed by atoms with Gasteiger partial charge in [-0.3, -0.25) is 4.79 Å². The lowest BCUT2D eigenvalue weighted by Crippen LogP contribution is -2.26. The van der Waals surface area contributed by atoms with Crippen molar-refractivity contribution in [2.45, 2.75) is 39.7 Å². The van der Waals surface area contributed by atoms with Crippen molar-refractivity contribution in [1.29, 1.82) is 5.26 Å². The van der Waals surface area contributed by atoms with Gasteiger partial charge in [-0.25, -0.2) is 0 Å². The first kappa shape index (κ1) is 21.3. The first-order valence-corrected chi connectivity index (χ1v) is 9.52. The summed E-state index contributed by atoms with van der Waals surface area (Å²) in [6.45, 7) is 6.76. The predicted octanol–water partition coefficient (Wildman–Crippen LogP) is 4.41. The second-order valence-electron chi connectivity index (χ2n) is 7.21. The van der Waals surface area contributed by atoms with E-state index in [-0.39, 0.29) is 11.9 Å². The van der Waals surface area contributed by atoms with Crippen LogP contribution in [0.2, 0.25) is 0 Å². The van der Waals surface area contributed by atoms with Crippen LogP contribution in [0.25, 0.3) is 0 Å². The van der Waals surface area contributed by atoms with E-state index >= 15 is 0 Å². The molecule has 0 aliphatic heterocycles. The highest BCUT2D eigenvalue weighted by Crippen LogP contribution is 2.30. The Hall–Kier alpha value is -3.00. The molecule has 1 N–H and O–H groups in total. The molecule has 1 amide bonds. The van der Waals surface area contributed by atoms with E-state index in [0.29, 0.717) is 42.4 Å². The minimum atomic E-state index is -0.137. The van der Waals surface area contributed by atoms with Gasteiger partial charge >= 0.3 is 0 Å². The van der Waals surface area contributed by atoms with E-state index in [0.717, 1.165) is 11.1 Å². The maximum atomic E-state index is 12.3. The second kappa shape index (κ2) is 10.4. The molecule has 0 saturated heterocycles. The summed E-state index contributed by atoms with van der Waals surface area (Å²) in [6.07, 6.45) is 1.03. The molecule has 0 radical (unpaired) electrons. The fraction of sp³-hybridized carbons (Fsp3) is 0.391. The Balaban J connectivity index is 1.92. The third-order valence-electron chi connectivity index (χ3n) is 4.36. The fourth-order valence-corrected chi connectivity index (χ4v) is 2.73. The van der Waals surface area contributed by atoms with Gasteiger partial charge in [0.25, 0.3) is 0 Å². The highest BCUT2D eigenvalue weighted by atomic mass is 16.5. The Morgan fingerprint density at radius 1 is 1.11 bits per heavy atom. The summed E-state index contributed by atoms with van der Waals surface area (Å²) >= 11 is 0. The molecule has 2 aromatic rings. The third-order valence-corrected chi connectivity index (χ3v) is 4.36. The quantitative estimate of drug-likeness (QED) is 0.699. The van der Waals surface area contributed by atoms with Crippen LogP contribution in [0.15, 0.2) is 42.5 Å². The molecule has 0 bridgehead atoms. The number of benzene rings is 2.